The predicted octanol–water partition coefficient (Wildman–Crippen LogP) is 2.18. The average Bonchev–Trinajstić information content (AvgIpc) is 3.40. The van der Waals surface area contributed by atoms with Crippen molar-refractivity contribution in [1.82, 2.24) is 34.1 Å². The number of amides is 1. The molecule has 0 saturated heterocycles. The van der Waals surface area contributed by atoms with Gasteiger partial charge in [-0.05, 0) is 36.4 Å². The molecule has 3 heterocycles. The second-order valence-corrected chi connectivity index (χ2v) is 9.98. The van der Waals surface area contributed by atoms with Crippen LogP contribution in [0.25, 0.3) is 17.2 Å². The van der Waals surface area contributed by atoms with Gasteiger partial charge >= 0.3 is 19.7 Å². The van der Waals surface area contributed by atoms with Crippen molar-refractivity contribution in [2.45, 2.75) is 25.4 Å². The van der Waals surface area contributed by atoms with Crippen LogP contribution in [0.3, 0.4) is 0 Å². The Hall–Kier alpha value is -3.60. The van der Waals surface area contributed by atoms with Crippen LogP contribution in [-0.4, -0.2) is 62.1 Å². The third-order valence-electron chi connectivity index (χ3n) is 5.11. The van der Waals surface area contributed by atoms with E-state index in [2.05, 4.69) is 24.7 Å². The SMILES string of the molecule is NC(=O)c1nc(Cn2nc(-c3ccc(Cl)cc3)n(CC(OP(=O)(O)O)C(F)(F)F)c2=O)nn1-c1ncccc1Cl. The molecule has 0 aliphatic carbocycles. The smallest absolute Gasteiger partial charge is 0.363 e. The Morgan fingerprint density at radius 2 is 1.82 bits per heavy atom. The molecule has 1 unspecified atom stereocenters. The number of hydrogen-bond donors (Lipinski definition) is 3. The van der Waals surface area contributed by atoms with Crippen molar-refractivity contribution in [2.24, 2.45) is 5.73 Å². The number of carbonyl (C=O) groups is 1. The van der Waals surface area contributed by atoms with Gasteiger partial charge in [0.1, 0.15) is 6.54 Å². The second kappa shape index (κ2) is 11.1. The summed E-state index contributed by atoms with van der Waals surface area (Å²) in [5, 5.41) is 8.52. The van der Waals surface area contributed by atoms with Gasteiger partial charge in [-0.15, -0.1) is 10.2 Å². The highest BCUT2D eigenvalue weighted by Gasteiger charge is 2.45. The molecule has 1 aromatic carbocycles. The third-order valence-corrected chi connectivity index (χ3v) is 6.18. The van der Waals surface area contributed by atoms with Gasteiger partial charge in [0, 0.05) is 16.8 Å². The Morgan fingerprint density at radius 1 is 1.15 bits per heavy atom. The zero-order valence-electron chi connectivity index (χ0n) is 19.6. The van der Waals surface area contributed by atoms with E-state index in [1.54, 1.807) is 0 Å². The zero-order chi connectivity index (χ0) is 29.4. The first-order valence-electron chi connectivity index (χ1n) is 10.7. The molecule has 14 nitrogen and oxygen atoms in total. The van der Waals surface area contributed by atoms with Gasteiger partial charge in [0.25, 0.3) is 5.91 Å². The number of nitrogens with two attached hydrogens (primary N) is 1. The van der Waals surface area contributed by atoms with Crippen LogP contribution >= 0.6 is 31.0 Å². The van der Waals surface area contributed by atoms with Crippen molar-refractivity contribution < 1.29 is 36.8 Å². The minimum Gasteiger partial charge on any atom is -0.363 e. The Kier molecular flexibility index (Phi) is 8.16. The molecule has 1 atom stereocenters. The molecule has 40 heavy (non-hydrogen) atoms. The second-order valence-electron chi connectivity index (χ2n) is 7.94. The number of halogens is 5. The molecule has 3 aromatic heterocycles. The standard InChI is InChI=1S/C20H16Cl2F3N8O6P/c21-11-5-3-10(4-6-11)16-30-32(19(35)31(16)8-13(20(23,24)25)39-40(36,37)38)9-14-28-18(15(26)34)33(29-14)17-12(22)2-1-7-27-17/h1-7,13H,8-9H2,(H2,26,34)(H2,36,37,38). The van der Waals surface area contributed by atoms with Crippen molar-refractivity contribution in [3.8, 4) is 17.2 Å². The van der Waals surface area contributed by atoms with Gasteiger partial charge < -0.3 is 15.5 Å². The summed E-state index contributed by atoms with van der Waals surface area (Å²) in [6, 6.07) is 8.46. The van der Waals surface area contributed by atoms with E-state index in [1.807, 2.05) is 0 Å². The molecule has 212 valence electrons. The van der Waals surface area contributed by atoms with Crippen LogP contribution < -0.4 is 11.4 Å². The molecule has 0 aliphatic heterocycles. The fourth-order valence-electron chi connectivity index (χ4n) is 3.45. The number of phosphoric acid groups is 1. The first kappa shape index (κ1) is 29.4. The number of carbonyl (C=O) groups excluding carboxylic acids is 1. The lowest BCUT2D eigenvalue weighted by atomic mass is 10.2. The number of hydrogen-bond acceptors (Lipinski definition) is 8. The lowest BCUT2D eigenvalue weighted by molar-refractivity contribution is -0.202. The van der Waals surface area contributed by atoms with E-state index in [0.717, 1.165) is 4.68 Å². The first-order valence-corrected chi connectivity index (χ1v) is 13.0. The molecule has 0 spiro atoms. The van der Waals surface area contributed by atoms with Crippen LogP contribution in [0.5, 0.6) is 0 Å². The van der Waals surface area contributed by atoms with E-state index < -0.39 is 50.6 Å². The number of rotatable bonds is 9. The molecule has 4 rings (SSSR count). The summed E-state index contributed by atoms with van der Waals surface area (Å²) < 4.78 is 58.1. The van der Waals surface area contributed by atoms with E-state index in [9.17, 15) is 27.3 Å². The van der Waals surface area contributed by atoms with Crippen LogP contribution in [0.2, 0.25) is 10.0 Å². The average molecular weight is 623 g/mol. The minimum atomic E-state index is -5.62. The molecular formula is C20H16Cl2F3N8O6P. The highest BCUT2D eigenvalue weighted by atomic mass is 35.5. The Labute approximate surface area is 231 Å². The van der Waals surface area contributed by atoms with Crippen molar-refractivity contribution in [1.29, 1.82) is 0 Å². The fourth-order valence-corrected chi connectivity index (χ4v) is 4.29. The Morgan fingerprint density at radius 3 is 2.40 bits per heavy atom. The van der Waals surface area contributed by atoms with E-state index in [4.69, 9.17) is 38.7 Å². The van der Waals surface area contributed by atoms with E-state index >= 15 is 0 Å². The molecule has 4 N–H and O–H groups in total. The van der Waals surface area contributed by atoms with Crippen LogP contribution in [0.1, 0.15) is 16.4 Å². The van der Waals surface area contributed by atoms with Crippen molar-refractivity contribution >= 4 is 36.9 Å². The summed E-state index contributed by atoms with van der Waals surface area (Å²) in [7, 11) is -5.62. The van der Waals surface area contributed by atoms with Gasteiger partial charge in [-0.25, -0.2) is 24.0 Å². The topological polar surface area (TPSA) is 193 Å². The quantitative estimate of drug-likeness (QED) is 0.233. The number of phosphoric ester groups is 1. The minimum absolute atomic E-state index is 0.0148. The van der Waals surface area contributed by atoms with Gasteiger partial charge in [-0.3, -0.25) is 13.9 Å². The summed E-state index contributed by atoms with van der Waals surface area (Å²) in [5.74, 6) is -1.99. The molecule has 20 heteroatoms. The monoisotopic (exact) mass is 622 g/mol. The van der Waals surface area contributed by atoms with Gasteiger partial charge in [-0.1, -0.05) is 23.2 Å². The maximum atomic E-state index is 13.6. The van der Waals surface area contributed by atoms with Gasteiger partial charge in [0.05, 0.1) is 11.6 Å². The molecule has 0 fully saturated rings. The van der Waals surface area contributed by atoms with E-state index in [-0.39, 0.29) is 33.1 Å². The molecule has 0 saturated carbocycles. The number of aromatic nitrogens is 7. The molecule has 0 aliphatic rings. The van der Waals surface area contributed by atoms with Crippen LogP contribution in [0.4, 0.5) is 13.2 Å². The Balaban J connectivity index is 1.81. The van der Waals surface area contributed by atoms with Gasteiger partial charge in [0.2, 0.25) is 5.82 Å². The molecule has 0 bridgehead atoms. The largest absolute Gasteiger partial charge is 0.470 e. The maximum absolute atomic E-state index is 13.6. The lowest BCUT2D eigenvalue weighted by Crippen LogP contribution is -2.38. The highest BCUT2D eigenvalue weighted by Crippen LogP contribution is 2.42. The maximum Gasteiger partial charge on any atom is 0.470 e. The number of nitrogens with zero attached hydrogens (tertiary/aromatic N) is 7. The molecular weight excluding hydrogens is 607 g/mol. The lowest BCUT2D eigenvalue weighted by Gasteiger charge is -2.21. The summed E-state index contributed by atoms with van der Waals surface area (Å²) in [4.78, 5) is 51.2. The van der Waals surface area contributed by atoms with Crippen molar-refractivity contribution in [2.75, 3.05) is 0 Å². The van der Waals surface area contributed by atoms with Crippen molar-refractivity contribution in [3.63, 3.8) is 0 Å². The van der Waals surface area contributed by atoms with E-state index in [0.29, 0.717) is 9.25 Å². The zero-order valence-corrected chi connectivity index (χ0v) is 22.0. The summed E-state index contributed by atoms with van der Waals surface area (Å²) >= 11 is 12.0. The highest BCUT2D eigenvalue weighted by molar-refractivity contribution is 7.46. The number of pyridine rings is 1. The predicted molar refractivity (Wildman–Crippen MR) is 132 cm³/mol. The molecule has 1 amide bonds. The summed E-state index contributed by atoms with van der Waals surface area (Å²) in [6.45, 7) is -1.94. The summed E-state index contributed by atoms with van der Waals surface area (Å²) in [6.07, 6.45) is -7.01. The number of primary amides is 1. The van der Waals surface area contributed by atoms with Gasteiger partial charge in [-0.2, -0.15) is 17.9 Å². The fraction of sp³-hybridized carbons (Fsp3) is 0.200. The first-order chi connectivity index (χ1) is 18.6. The van der Waals surface area contributed by atoms with Crippen LogP contribution in [0, 0.1) is 0 Å². The molecule has 4 aromatic rings. The Bertz CT molecular complexity index is 1670. The van der Waals surface area contributed by atoms with E-state index in [1.165, 1.54) is 42.6 Å². The third kappa shape index (κ3) is 6.57. The number of alkyl halides is 3. The van der Waals surface area contributed by atoms with Gasteiger partial charge in [0.15, 0.2) is 23.6 Å². The van der Waals surface area contributed by atoms with Crippen molar-refractivity contribution in [3.05, 3.63) is 74.8 Å². The normalized spacial score (nSPS) is 13.0. The van der Waals surface area contributed by atoms with Crippen LogP contribution in [-0.2, 0) is 22.2 Å². The van der Waals surface area contributed by atoms with Crippen LogP contribution in [0.15, 0.2) is 47.4 Å². The summed E-state index contributed by atoms with van der Waals surface area (Å²) in [5.41, 5.74) is 4.37. The molecule has 0 radical (unpaired) electrons. The number of benzene rings is 1.